The van der Waals surface area contributed by atoms with Crippen LogP contribution in [0.4, 0.5) is 0 Å². The van der Waals surface area contributed by atoms with Crippen LogP contribution in [-0.2, 0) is 4.79 Å². The first-order valence-electron chi connectivity index (χ1n) is 6.20. The average molecular weight is 340 g/mol. The number of nitrogens with one attached hydrogen (secondary N) is 1. The highest BCUT2D eigenvalue weighted by Gasteiger charge is 2.34. The van der Waals surface area contributed by atoms with Gasteiger partial charge in [-0.25, -0.2) is 5.84 Å². The van der Waals surface area contributed by atoms with Gasteiger partial charge in [-0.2, -0.15) is 0 Å². The van der Waals surface area contributed by atoms with Gasteiger partial charge in [0, 0.05) is 17.4 Å². The van der Waals surface area contributed by atoms with E-state index >= 15 is 0 Å². The second-order valence-corrected chi connectivity index (χ2v) is 5.39. The predicted molar refractivity (Wildman–Crippen MR) is 75.7 cm³/mol. The number of nitrogens with two attached hydrogens (primary N) is 1. The Balaban J connectivity index is 1.97. The maximum Gasteiger partial charge on any atom is 0.261 e. The molecular weight excluding hydrogens is 326 g/mol. The summed E-state index contributed by atoms with van der Waals surface area (Å²) in [6.45, 7) is 0.307. The smallest absolute Gasteiger partial charge is 0.261 e. The van der Waals surface area contributed by atoms with Crippen LogP contribution in [0.1, 0.15) is 40.0 Å². The van der Waals surface area contributed by atoms with E-state index in [1.165, 1.54) is 4.90 Å². The first-order chi connectivity index (χ1) is 9.54. The van der Waals surface area contributed by atoms with Crippen LogP contribution in [-0.4, -0.2) is 29.2 Å². The van der Waals surface area contributed by atoms with Gasteiger partial charge in [-0.05, 0) is 31.0 Å². The quantitative estimate of drug-likeness (QED) is 0.277. The van der Waals surface area contributed by atoms with Gasteiger partial charge < -0.3 is 0 Å². The van der Waals surface area contributed by atoms with Crippen LogP contribution in [0.25, 0.3) is 0 Å². The maximum atomic E-state index is 12.1. The summed E-state index contributed by atoms with van der Waals surface area (Å²) < 4.78 is 0.763. The number of carbonyl (C=O) groups excluding carboxylic acids is 3. The standard InChI is InChI=1S/C13H14BrN3O3/c14-8-4-5-9-10(7-8)13(20)17(12(9)19)6-2-1-3-11(18)16-15/h4-5,7H,1-3,6,15H2,(H,16,18). The lowest BCUT2D eigenvalue weighted by Gasteiger charge is -2.13. The third kappa shape index (κ3) is 2.88. The number of hydrazine groups is 1. The molecule has 1 aliphatic heterocycles. The monoisotopic (exact) mass is 339 g/mol. The van der Waals surface area contributed by atoms with E-state index in [-0.39, 0.29) is 24.1 Å². The number of imide groups is 1. The lowest BCUT2D eigenvalue weighted by atomic mass is 10.1. The molecule has 0 spiro atoms. The fraction of sp³-hybridized carbons (Fsp3) is 0.308. The van der Waals surface area contributed by atoms with Gasteiger partial charge in [0.15, 0.2) is 0 Å². The van der Waals surface area contributed by atoms with Crippen molar-refractivity contribution in [3.8, 4) is 0 Å². The molecule has 2 rings (SSSR count). The molecule has 1 aromatic carbocycles. The summed E-state index contributed by atoms with van der Waals surface area (Å²) in [6, 6.07) is 5.03. The van der Waals surface area contributed by atoms with E-state index in [2.05, 4.69) is 15.9 Å². The van der Waals surface area contributed by atoms with Gasteiger partial charge in [-0.15, -0.1) is 0 Å². The number of nitrogens with zero attached hydrogens (tertiary/aromatic N) is 1. The fourth-order valence-corrected chi connectivity index (χ4v) is 2.45. The van der Waals surface area contributed by atoms with Crippen molar-refractivity contribution in [2.75, 3.05) is 6.54 Å². The number of benzene rings is 1. The Kier molecular flexibility index (Phi) is 4.51. The zero-order valence-electron chi connectivity index (χ0n) is 10.7. The molecule has 106 valence electrons. The van der Waals surface area contributed by atoms with E-state index in [1.54, 1.807) is 18.2 Å². The van der Waals surface area contributed by atoms with Crippen molar-refractivity contribution in [2.45, 2.75) is 19.3 Å². The summed E-state index contributed by atoms with van der Waals surface area (Å²) in [6.07, 6.45) is 1.42. The first kappa shape index (κ1) is 14.7. The molecule has 1 aliphatic rings. The molecule has 1 aromatic rings. The normalized spacial score (nSPS) is 13.6. The van der Waals surface area contributed by atoms with Gasteiger partial charge >= 0.3 is 0 Å². The summed E-state index contributed by atoms with van der Waals surface area (Å²) in [4.78, 5) is 36.4. The van der Waals surface area contributed by atoms with Crippen molar-refractivity contribution in [2.24, 2.45) is 5.84 Å². The van der Waals surface area contributed by atoms with Crippen molar-refractivity contribution in [3.63, 3.8) is 0 Å². The summed E-state index contributed by atoms with van der Waals surface area (Å²) >= 11 is 3.28. The number of hydrogen-bond acceptors (Lipinski definition) is 4. The zero-order valence-corrected chi connectivity index (χ0v) is 12.3. The first-order valence-corrected chi connectivity index (χ1v) is 6.99. The highest BCUT2D eigenvalue weighted by atomic mass is 79.9. The molecule has 1 heterocycles. The molecular formula is C13H14BrN3O3. The molecule has 6 nitrogen and oxygen atoms in total. The highest BCUT2D eigenvalue weighted by molar-refractivity contribution is 9.10. The predicted octanol–water partition coefficient (Wildman–Crippen LogP) is 1.21. The molecule has 0 saturated heterocycles. The van der Waals surface area contributed by atoms with Gasteiger partial charge in [0.05, 0.1) is 11.1 Å². The number of carbonyl (C=O) groups is 3. The molecule has 7 heteroatoms. The van der Waals surface area contributed by atoms with Gasteiger partial charge in [0.2, 0.25) is 5.91 Å². The Morgan fingerprint density at radius 3 is 2.60 bits per heavy atom. The van der Waals surface area contributed by atoms with Gasteiger partial charge in [-0.1, -0.05) is 15.9 Å². The fourth-order valence-electron chi connectivity index (χ4n) is 2.09. The average Bonchev–Trinajstić information content (AvgIpc) is 2.67. The molecule has 0 aromatic heterocycles. The molecule has 3 N–H and O–H groups in total. The van der Waals surface area contributed by atoms with E-state index in [4.69, 9.17) is 5.84 Å². The topological polar surface area (TPSA) is 92.5 Å². The summed E-state index contributed by atoms with van der Waals surface area (Å²) in [5, 5.41) is 0. The van der Waals surface area contributed by atoms with E-state index in [1.807, 2.05) is 5.43 Å². The van der Waals surface area contributed by atoms with E-state index in [0.29, 0.717) is 30.5 Å². The minimum atomic E-state index is -0.283. The van der Waals surface area contributed by atoms with Crippen LogP contribution in [0.3, 0.4) is 0 Å². The number of amides is 3. The van der Waals surface area contributed by atoms with E-state index < -0.39 is 0 Å². The van der Waals surface area contributed by atoms with Crippen LogP contribution >= 0.6 is 15.9 Å². The largest absolute Gasteiger partial charge is 0.294 e. The number of unbranched alkanes of at least 4 members (excludes halogenated alkanes) is 1. The lowest BCUT2D eigenvalue weighted by Crippen LogP contribution is -2.32. The van der Waals surface area contributed by atoms with Crippen LogP contribution < -0.4 is 11.3 Å². The minimum absolute atomic E-state index is 0.253. The molecule has 0 unspecified atom stereocenters. The van der Waals surface area contributed by atoms with Gasteiger partial charge in [0.25, 0.3) is 11.8 Å². The minimum Gasteiger partial charge on any atom is -0.294 e. The molecule has 0 saturated carbocycles. The Labute approximate surface area is 124 Å². The molecule has 3 amide bonds. The van der Waals surface area contributed by atoms with E-state index in [0.717, 1.165) is 4.47 Å². The Hall–Kier alpha value is -1.73. The van der Waals surface area contributed by atoms with Gasteiger partial charge in [0.1, 0.15) is 0 Å². The third-order valence-corrected chi connectivity index (χ3v) is 3.62. The maximum absolute atomic E-state index is 12.1. The number of hydrogen-bond donors (Lipinski definition) is 2. The summed E-state index contributed by atoms with van der Waals surface area (Å²) in [7, 11) is 0. The lowest BCUT2D eigenvalue weighted by molar-refractivity contribution is -0.121. The number of fused-ring (bicyclic) bond motifs is 1. The molecule has 0 atom stereocenters. The molecule has 0 radical (unpaired) electrons. The summed E-state index contributed by atoms with van der Waals surface area (Å²) in [5.74, 6) is 4.16. The Bertz CT molecular complexity index is 574. The second kappa shape index (κ2) is 6.15. The van der Waals surface area contributed by atoms with Gasteiger partial charge in [-0.3, -0.25) is 24.7 Å². The Morgan fingerprint density at radius 1 is 1.20 bits per heavy atom. The van der Waals surface area contributed by atoms with Crippen LogP contribution in [0, 0.1) is 0 Å². The van der Waals surface area contributed by atoms with Crippen LogP contribution in [0.5, 0.6) is 0 Å². The zero-order chi connectivity index (χ0) is 14.7. The van der Waals surface area contributed by atoms with Crippen LogP contribution in [0.15, 0.2) is 22.7 Å². The number of rotatable bonds is 5. The van der Waals surface area contributed by atoms with Crippen molar-refractivity contribution in [3.05, 3.63) is 33.8 Å². The molecule has 0 fully saturated rings. The molecule has 20 heavy (non-hydrogen) atoms. The van der Waals surface area contributed by atoms with Crippen LogP contribution in [0.2, 0.25) is 0 Å². The van der Waals surface area contributed by atoms with Crippen molar-refractivity contribution < 1.29 is 14.4 Å². The summed E-state index contributed by atoms with van der Waals surface area (Å²) in [5.41, 5.74) is 2.89. The second-order valence-electron chi connectivity index (χ2n) is 4.48. The number of halogens is 1. The van der Waals surface area contributed by atoms with Crippen molar-refractivity contribution in [1.29, 1.82) is 0 Å². The van der Waals surface area contributed by atoms with Crippen molar-refractivity contribution >= 4 is 33.7 Å². The molecule has 0 bridgehead atoms. The SMILES string of the molecule is NNC(=O)CCCCN1C(=O)c2ccc(Br)cc2C1=O. The molecule has 0 aliphatic carbocycles. The Morgan fingerprint density at radius 2 is 1.90 bits per heavy atom. The van der Waals surface area contributed by atoms with Crippen molar-refractivity contribution in [1.82, 2.24) is 10.3 Å². The van der Waals surface area contributed by atoms with E-state index in [9.17, 15) is 14.4 Å². The third-order valence-electron chi connectivity index (χ3n) is 3.13. The highest BCUT2D eigenvalue weighted by Crippen LogP contribution is 2.26.